The molecule has 0 aliphatic rings. The quantitative estimate of drug-likeness (QED) is 0.296. The molecule has 2 N–H and O–H groups in total. The van der Waals surface area contributed by atoms with Crippen molar-refractivity contribution in [1.29, 1.82) is 0 Å². The Balaban J connectivity index is 2.04. The molecular formula is C27H26F5NO4. The smallest absolute Gasteiger partial charge is 0.416 e. The zero-order valence-electron chi connectivity index (χ0n) is 20.3. The van der Waals surface area contributed by atoms with Gasteiger partial charge in [0.1, 0.15) is 18.4 Å². The van der Waals surface area contributed by atoms with Crippen molar-refractivity contribution in [2.75, 3.05) is 0 Å². The van der Waals surface area contributed by atoms with E-state index in [0.29, 0.717) is 17.4 Å². The molecule has 0 bridgehead atoms. The lowest BCUT2D eigenvalue weighted by atomic mass is 9.81. The average molecular weight is 523 g/mol. The van der Waals surface area contributed by atoms with Crippen LogP contribution in [0, 0.1) is 5.41 Å². The predicted molar refractivity (Wildman–Crippen MR) is 128 cm³/mol. The Kier molecular flexibility index (Phi) is 8.09. The van der Waals surface area contributed by atoms with Gasteiger partial charge in [0.15, 0.2) is 0 Å². The maximum absolute atomic E-state index is 13.4. The first-order valence-electron chi connectivity index (χ1n) is 11.4. The van der Waals surface area contributed by atoms with Gasteiger partial charge in [0.05, 0.1) is 11.1 Å². The van der Waals surface area contributed by atoms with E-state index >= 15 is 0 Å². The van der Waals surface area contributed by atoms with Gasteiger partial charge in [0, 0.05) is 10.9 Å². The summed E-state index contributed by atoms with van der Waals surface area (Å²) in [5, 5.41) is 12.9. The lowest BCUT2D eigenvalue weighted by Crippen LogP contribution is -2.50. The molecule has 0 fully saturated rings. The Bertz CT molecular complexity index is 1290. The Labute approximate surface area is 210 Å². The van der Waals surface area contributed by atoms with Crippen LogP contribution in [0.3, 0.4) is 0 Å². The molecule has 0 aliphatic carbocycles. The fraction of sp³-hybridized carbons (Fsp3) is 0.333. The van der Waals surface area contributed by atoms with E-state index in [4.69, 9.17) is 4.74 Å². The molecule has 10 heteroatoms. The topological polar surface area (TPSA) is 75.6 Å². The number of nitrogens with one attached hydrogen (secondary N) is 1. The number of alkyl halides is 5. The number of fused-ring (bicyclic) bond motifs is 1. The van der Waals surface area contributed by atoms with Crippen molar-refractivity contribution in [3.63, 3.8) is 0 Å². The van der Waals surface area contributed by atoms with Crippen molar-refractivity contribution in [2.24, 2.45) is 5.41 Å². The molecule has 0 aliphatic heterocycles. The highest BCUT2D eigenvalue weighted by Crippen LogP contribution is 2.35. The molecule has 0 saturated carbocycles. The van der Waals surface area contributed by atoms with E-state index in [-0.39, 0.29) is 28.9 Å². The molecule has 0 heterocycles. The Hall–Kier alpha value is -3.69. The molecule has 1 unspecified atom stereocenters. The summed E-state index contributed by atoms with van der Waals surface area (Å²) in [7, 11) is 0. The second-order valence-electron chi connectivity index (χ2n) is 9.29. The summed E-state index contributed by atoms with van der Waals surface area (Å²) in [6.45, 7) is 4.88. The largest absolute Gasteiger partial charge is 0.487 e. The van der Waals surface area contributed by atoms with E-state index in [0.717, 1.165) is 12.1 Å². The number of benzene rings is 3. The number of carbonyl (C=O) groups excluding carboxylic acids is 1. The predicted octanol–water partition coefficient (Wildman–Crippen LogP) is 6.99. The van der Waals surface area contributed by atoms with Crippen molar-refractivity contribution in [1.82, 2.24) is 5.32 Å². The highest BCUT2D eigenvalue weighted by Gasteiger charge is 2.36. The number of aliphatic carboxylic acids is 1. The van der Waals surface area contributed by atoms with E-state index in [1.165, 1.54) is 42.5 Å². The zero-order valence-corrected chi connectivity index (χ0v) is 20.3. The maximum Gasteiger partial charge on any atom is 0.416 e. The summed E-state index contributed by atoms with van der Waals surface area (Å²) < 4.78 is 71.3. The van der Waals surface area contributed by atoms with Crippen LogP contribution in [0.25, 0.3) is 10.8 Å². The van der Waals surface area contributed by atoms with E-state index in [2.05, 4.69) is 5.32 Å². The highest BCUT2D eigenvalue weighted by atomic mass is 19.4. The van der Waals surface area contributed by atoms with Crippen molar-refractivity contribution in [3.8, 4) is 5.75 Å². The fourth-order valence-electron chi connectivity index (χ4n) is 3.73. The standard InChI is InChI=1S/C27H26F5NO4/c1-4-26(2,3)22(25(35)36)33-24(34)19-12-9-16-7-8-17(23(28)29)13-20(16)21(19)37-14-15-5-10-18(11-6-15)27(30,31)32/h5-13,22-23H,4,14H2,1-3H3,(H,33,34)(H,35,36). The van der Waals surface area contributed by atoms with Crippen molar-refractivity contribution in [2.45, 2.75) is 52.4 Å². The van der Waals surface area contributed by atoms with Gasteiger partial charge >= 0.3 is 12.1 Å². The first kappa shape index (κ1) is 27.9. The van der Waals surface area contributed by atoms with Crippen LogP contribution in [0.1, 0.15) is 60.7 Å². The molecule has 1 amide bonds. The summed E-state index contributed by atoms with van der Waals surface area (Å²) >= 11 is 0. The minimum Gasteiger partial charge on any atom is -0.487 e. The van der Waals surface area contributed by atoms with Gasteiger partial charge in [-0.05, 0) is 47.1 Å². The second-order valence-corrected chi connectivity index (χ2v) is 9.29. The van der Waals surface area contributed by atoms with E-state index < -0.39 is 41.5 Å². The van der Waals surface area contributed by atoms with Crippen LogP contribution in [-0.2, 0) is 17.6 Å². The van der Waals surface area contributed by atoms with Crippen LogP contribution in [-0.4, -0.2) is 23.0 Å². The van der Waals surface area contributed by atoms with Crippen LogP contribution in [0.4, 0.5) is 22.0 Å². The summed E-state index contributed by atoms with van der Waals surface area (Å²) in [5.74, 6) is -2.12. The Morgan fingerprint density at radius 3 is 2.16 bits per heavy atom. The van der Waals surface area contributed by atoms with Crippen LogP contribution >= 0.6 is 0 Å². The van der Waals surface area contributed by atoms with Crippen LogP contribution in [0.5, 0.6) is 5.75 Å². The molecule has 0 radical (unpaired) electrons. The van der Waals surface area contributed by atoms with Gasteiger partial charge in [-0.1, -0.05) is 51.1 Å². The zero-order chi connectivity index (χ0) is 27.5. The first-order chi connectivity index (χ1) is 17.2. The summed E-state index contributed by atoms with van der Waals surface area (Å²) in [6, 6.07) is 9.68. The van der Waals surface area contributed by atoms with Gasteiger partial charge in [-0.2, -0.15) is 13.2 Å². The fourth-order valence-corrected chi connectivity index (χ4v) is 3.73. The molecule has 198 valence electrons. The van der Waals surface area contributed by atoms with Gasteiger partial charge in [0.25, 0.3) is 12.3 Å². The van der Waals surface area contributed by atoms with Crippen LogP contribution < -0.4 is 10.1 Å². The molecule has 0 saturated heterocycles. The van der Waals surface area contributed by atoms with Gasteiger partial charge in [0.2, 0.25) is 0 Å². The monoisotopic (exact) mass is 523 g/mol. The Morgan fingerprint density at radius 2 is 1.62 bits per heavy atom. The van der Waals surface area contributed by atoms with E-state index in [1.54, 1.807) is 20.8 Å². The third kappa shape index (κ3) is 6.36. The van der Waals surface area contributed by atoms with E-state index in [1.807, 2.05) is 0 Å². The summed E-state index contributed by atoms with van der Waals surface area (Å²) in [4.78, 5) is 25.1. The van der Waals surface area contributed by atoms with Gasteiger partial charge < -0.3 is 15.2 Å². The molecule has 37 heavy (non-hydrogen) atoms. The van der Waals surface area contributed by atoms with Crippen molar-refractivity contribution in [3.05, 3.63) is 76.9 Å². The van der Waals surface area contributed by atoms with Gasteiger partial charge in [-0.3, -0.25) is 4.79 Å². The van der Waals surface area contributed by atoms with E-state index in [9.17, 15) is 36.6 Å². The number of carbonyl (C=O) groups is 2. The SMILES string of the molecule is CCC(C)(C)C(NC(=O)c1ccc2ccc(C(F)F)cc2c1OCc1ccc(C(F)(F)F)cc1)C(=O)O. The summed E-state index contributed by atoms with van der Waals surface area (Å²) in [5.41, 5.74) is -1.72. The number of rotatable bonds is 9. The number of ether oxygens (including phenoxy) is 1. The summed E-state index contributed by atoms with van der Waals surface area (Å²) in [6.07, 6.45) is -6.87. The molecule has 3 aromatic rings. The minimum absolute atomic E-state index is 0.0872. The molecule has 0 spiro atoms. The number of carboxylic acids is 1. The normalized spacial score (nSPS) is 13.0. The maximum atomic E-state index is 13.4. The molecular weight excluding hydrogens is 497 g/mol. The lowest BCUT2D eigenvalue weighted by molar-refractivity contribution is -0.142. The molecule has 5 nitrogen and oxygen atoms in total. The first-order valence-corrected chi connectivity index (χ1v) is 11.4. The third-order valence-corrected chi connectivity index (χ3v) is 6.37. The average Bonchev–Trinajstić information content (AvgIpc) is 2.84. The number of hydrogen-bond donors (Lipinski definition) is 2. The lowest BCUT2D eigenvalue weighted by Gasteiger charge is -2.31. The minimum atomic E-state index is -4.51. The molecule has 3 rings (SSSR count). The van der Waals surface area contributed by atoms with Crippen LogP contribution in [0.2, 0.25) is 0 Å². The number of halogens is 5. The van der Waals surface area contributed by atoms with Crippen LogP contribution in [0.15, 0.2) is 54.6 Å². The highest BCUT2D eigenvalue weighted by molar-refractivity contribution is 6.05. The number of carboxylic acid groups (broad SMARTS) is 1. The molecule has 1 atom stereocenters. The third-order valence-electron chi connectivity index (χ3n) is 6.37. The second kappa shape index (κ2) is 10.7. The molecule has 0 aromatic heterocycles. The molecule has 3 aromatic carbocycles. The van der Waals surface area contributed by atoms with Crippen molar-refractivity contribution >= 4 is 22.6 Å². The van der Waals surface area contributed by atoms with Crippen molar-refractivity contribution < 1.29 is 41.4 Å². The number of amides is 1. The Morgan fingerprint density at radius 1 is 1.00 bits per heavy atom. The van der Waals surface area contributed by atoms with Gasteiger partial charge in [-0.15, -0.1) is 0 Å². The number of hydrogen-bond acceptors (Lipinski definition) is 3. The van der Waals surface area contributed by atoms with Gasteiger partial charge in [-0.25, -0.2) is 13.6 Å².